The van der Waals surface area contributed by atoms with Gasteiger partial charge in [-0.2, -0.15) is 0 Å². The maximum atomic E-state index is 12.0. The molecule has 0 aliphatic rings. The number of hydrogen-bond acceptors (Lipinski definition) is 3. The van der Waals surface area contributed by atoms with Crippen LogP contribution in [0, 0.1) is 0 Å². The number of hydrogen-bond donors (Lipinski definition) is 2. The Morgan fingerprint density at radius 1 is 1.12 bits per heavy atom. The third kappa shape index (κ3) is 6.24. The molecule has 2 aromatic rings. The third-order valence-corrected chi connectivity index (χ3v) is 3.98. The van der Waals surface area contributed by atoms with Gasteiger partial charge in [-0.3, -0.25) is 9.59 Å². The number of nitrogens with one attached hydrogen (secondary N) is 2. The molecule has 7 heteroatoms. The molecular formula is C19H20Cl2N2O3. The Labute approximate surface area is 162 Å². The van der Waals surface area contributed by atoms with E-state index in [4.69, 9.17) is 27.9 Å². The smallest absolute Gasteiger partial charge is 0.251 e. The Kier molecular flexibility index (Phi) is 7.75. The highest BCUT2D eigenvalue weighted by Crippen LogP contribution is 2.27. The van der Waals surface area contributed by atoms with Crippen molar-refractivity contribution in [3.05, 3.63) is 58.1 Å². The summed E-state index contributed by atoms with van der Waals surface area (Å²) in [6, 6.07) is 11.8. The maximum absolute atomic E-state index is 12.0. The van der Waals surface area contributed by atoms with Crippen LogP contribution in [-0.2, 0) is 4.79 Å². The number of carbonyl (C=O) groups is 2. The van der Waals surface area contributed by atoms with E-state index < -0.39 is 0 Å². The molecule has 0 aromatic heterocycles. The number of rotatable bonds is 8. The van der Waals surface area contributed by atoms with Crippen LogP contribution in [0.15, 0.2) is 42.5 Å². The second-order valence-electron chi connectivity index (χ2n) is 5.52. The van der Waals surface area contributed by atoms with Gasteiger partial charge in [-0.05, 0) is 49.7 Å². The van der Waals surface area contributed by atoms with Crippen LogP contribution in [0.3, 0.4) is 0 Å². The van der Waals surface area contributed by atoms with E-state index >= 15 is 0 Å². The zero-order valence-corrected chi connectivity index (χ0v) is 15.9. The Bertz CT molecular complexity index is 781. The molecule has 0 saturated carbocycles. The lowest BCUT2D eigenvalue weighted by molar-refractivity contribution is -0.116. The molecule has 0 radical (unpaired) electrons. The molecule has 0 aliphatic heterocycles. The summed E-state index contributed by atoms with van der Waals surface area (Å²) < 4.78 is 5.55. The summed E-state index contributed by atoms with van der Waals surface area (Å²) in [7, 11) is 0. The second kappa shape index (κ2) is 10.0. The van der Waals surface area contributed by atoms with Gasteiger partial charge in [-0.25, -0.2) is 0 Å². The first kappa shape index (κ1) is 20.1. The third-order valence-electron chi connectivity index (χ3n) is 3.45. The van der Waals surface area contributed by atoms with Crippen molar-refractivity contribution < 1.29 is 14.3 Å². The summed E-state index contributed by atoms with van der Waals surface area (Å²) >= 11 is 11.8. The lowest BCUT2D eigenvalue weighted by Crippen LogP contribution is -2.22. The molecule has 2 amide bonds. The fraction of sp³-hybridized carbons (Fsp3) is 0.263. The summed E-state index contributed by atoms with van der Waals surface area (Å²) in [6.45, 7) is 2.75. The van der Waals surface area contributed by atoms with E-state index in [1.807, 2.05) is 6.92 Å². The van der Waals surface area contributed by atoms with E-state index in [1.165, 1.54) is 0 Å². The highest BCUT2D eigenvalue weighted by atomic mass is 35.5. The summed E-state index contributed by atoms with van der Waals surface area (Å²) in [5, 5.41) is 6.47. The molecule has 2 N–H and O–H groups in total. The van der Waals surface area contributed by atoms with Gasteiger partial charge in [-0.15, -0.1) is 0 Å². The van der Waals surface area contributed by atoms with Gasteiger partial charge in [0.15, 0.2) is 0 Å². The van der Waals surface area contributed by atoms with E-state index in [0.717, 1.165) is 0 Å². The fourth-order valence-electron chi connectivity index (χ4n) is 2.23. The first-order valence-electron chi connectivity index (χ1n) is 8.25. The van der Waals surface area contributed by atoms with Crippen LogP contribution in [0.4, 0.5) is 5.69 Å². The molecule has 0 aliphatic carbocycles. The fourth-order valence-corrected chi connectivity index (χ4v) is 2.69. The largest absolute Gasteiger partial charge is 0.492 e. The first-order chi connectivity index (χ1) is 12.5. The van der Waals surface area contributed by atoms with E-state index in [9.17, 15) is 9.59 Å². The van der Waals surface area contributed by atoms with Gasteiger partial charge in [-0.1, -0.05) is 29.3 Å². The van der Waals surface area contributed by atoms with Crippen LogP contribution >= 0.6 is 23.2 Å². The van der Waals surface area contributed by atoms with Gasteiger partial charge in [0.05, 0.1) is 11.6 Å². The average Bonchev–Trinajstić information content (AvgIpc) is 2.60. The van der Waals surface area contributed by atoms with Crippen LogP contribution in [0.2, 0.25) is 10.0 Å². The minimum Gasteiger partial charge on any atom is -0.492 e. The van der Waals surface area contributed by atoms with E-state index in [-0.39, 0.29) is 18.2 Å². The molecule has 0 bridgehead atoms. The Hall–Kier alpha value is -2.24. The standard InChI is InChI=1S/C19H20Cl2N2O3/c1-2-22-19(25)13-5-3-6-15(11-13)23-18(24)7-4-10-26-17-9-8-14(20)12-16(17)21/h3,5-6,8-9,11-12H,2,4,7,10H2,1H3,(H,22,25)(H,23,24). The minimum absolute atomic E-state index is 0.149. The SMILES string of the molecule is CCNC(=O)c1cccc(NC(=O)CCCOc2ccc(Cl)cc2Cl)c1. The van der Waals surface area contributed by atoms with E-state index in [1.54, 1.807) is 42.5 Å². The molecule has 138 valence electrons. The summed E-state index contributed by atoms with van der Waals surface area (Å²) in [6.07, 6.45) is 0.817. The van der Waals surface area contributed by atoms with Gasteiger partial charge >= 0.3 is 0 Å². The van der Waals surface area contributed by atoms with Crippen LogP contribution in [0.5, 0.6) is 5.75 Å². The van der Waals surface area contributed by atoms with E-state index in [2.05, 4.69) is 10.6 Å². The highest BCUT2D eigenvalue weighted by molar-refractivity contribution is 6.35. The Balaban J connectivity index is 1.78. The molecule has 0 atom stereocenters. The van der Waals surface area contributed by atoms with Gasteiger partial charge in [0.25, 0.3) is 5.91 Å². The zero-order chi connectivity index (χ0) is 18.9. The quantitative estimate of drug-likeness (QED) is 0.645. The molecule has 0 fully saturated rings. The van der Waals surface area contributed by atoms with Crippen molar-refractivity contribution in [3.63, 3.8) is 0 Å². The van der Waals surface area contributed by atoms with Crippen molar-refractivity contribution >= 4 is 40.7 Å². The van der Waals surface area contributed by atoms with Crippen LogP contribution in [-0.4, -0.2) is 25.0 Å². The van der Waals surface area contributed by atoms with Gasteiger partial charge in [0.1, 0.15) is 5.75 Å². The normalized spacial score (nSPS) is 10.3. The number of anilines is 1. The van der Waals surface area contributed by atoms with Gasteiger partial charge in [0, 0.05) is 29.2 Å². The molecular weight excluding hydrogens is 375 g/mol. The van der Waals surface area contributed by atoms with Crippen LogP contribution < -0.4 is 15.4 Å². The van der Waals surface area contributed by atoms with Crippen molar-refractivity contribution in [2.45, 2.75) is 19.8 Å². The number of benzene rings is 2. The Morgan fingerprint density at radius 2 is 1.92 bits per heavy atom. The van der Waals surface area contributed by atoms with Crippen molar-refractivity contribution in [1.29, 1.82) is 0 Å². The number of halogens is 2. The monoisotopic (exact) mass is 394 g/mol. The molecule has 0 unspecified atom stereocenters. The molecule has 26 heavy (non-hydrogen) atoms. The zero-order valence-electron chi connectivity index (χ0n) is 14.4. The van der Waals surface area contributed by atoms with Crippen molar-refractivity contribution in [1.82, 2.24) is 5.32 Å². The molecule has 0 spiro atoms. The maximum Gasteiger partial charge on any atom is 0.251 e. The lowest BCUT2D eigenvalue weighted by Gasteiger charge is -2.09. The molecule has 5 nitrogen and oxygen atoms in total. The summed E-state index contributed by atoms with van der Waals surface area (Å²) in [5.74, 6) is 0.215. The van der Waals surface area contributed by atoms with Crippen molar-refractivity contribution in [2.75, 3.05) is 18.5 Å². The lowest BCUT2D eigenvalue weighted by atomic mass is 10.2. The molecule has 2 rings (SSSR count). The number of carbonyl (C=O) groups excluding carboxylic acids is 2. The second-order valence-corrected chi connectivity index (χ2v) is 6.36. The van der Waals surface area contributed by atoms with Gasteiger partial charge in [0.2, 0.25) is 5.91 Å². The first-order valence-corrected chi connectivity index (χ1v) is 9.01. The highest BCUT2D eigenvalue weighted by Gasteiger charge is 2.08. The predicted octanol–water partition coefficient (Wildman–Crippen LogP) is 4.54. The topological polar surface area (TPSA) is 67.4 Å². The predicted molar refractivity (Wildman–Crippen MR) is 104 cm³/mol. The number of amides is 2. The summed E-state index contributed by atoms with van der Waals surface area (Å²) in [5.41, 5.74) is 1.09. The number of ether oxygens (including phenoxy) is 1. The van der Waals surface area contributed by atoms with Crippen LogP contribution in [0.25, 0.3) is 0 Å². The van der Waals surface area contributed by atoms with Crippen LogP contribution in [0.1, 0.15) is 30.1 Å². The van der Waals surface area contributed by atoms with Crippen molar-refractivity contribution in [2.24, 2.45) is 0 Å². The summed E-state index contributed by atoms with van der Waals surface area (Å²) in [4.78, 5) is 23.8. The average molecular weight is 395 g/mol. The molecule has 0 heterocycles. The van der Waals surface area contributed by atoms with Gasteiger partial charge < -0.3 is 15.4 Å². The molecule has 2 aromatic carbocycles. The minimum atomic E-state index is -0.170. The molecule has 0 saturated heterocycles. The Morgan fingerprint density at radius 3 is 2.65 bits per heavy atom. The van der Waals surface area contributed by atoms with Crippen molar-refractivity contribution in [3.8, 4) is 5.75 Å². The van der Waals surface area contributed by atoms with E-state index in [0.29, 0.717) is 46.6 Å².